The molecule has 0 fully saturated rings. The molecule has 1 aromatic heterocycles. The molecule has 128 valence electrons. The molecule has 0 amide bonds. The number of halogens is 2. The van der Waals surface area contributed by atoms with Crippen molar-refractivity contribution < 1.29 is 9.15 Å². The van der Waals surface area contributed by atoms with Crippen molar-refractivity contribution in [2.75, 3.05) is 6.73 Å². The predicted molar refractivity (Wildman–Crippen MR) is 98.4 cm³/mol. The van der Waals surface area contributed by atoms with E-state index < -0.39 is 0 Å². The second-order valence-corrected chi connectivity index (χ2v) is 6.99. The van der Waals surface area contributed by atoms with E-state index in [9.17, 15) is 4.79 Å². The third-order valence-electron chi connectivity index (χ3n) is 4.35. The SMILES string of the molecule is Cc1cc(=O)oc2c3c(ccc12)OCN(Cc1ccc(Cl)c(Cl)c1)C3. The van der Waals surface area contributed by atoms with E-state index in [0.717, 1.165) is 27.8 Å². The zero-order chi connectivity index (χ0) is 17.6. The summed E-state index contributed by atoms with van der Waals surface area (Å²) in [6.07, 6.45) is 0. The lowest BCUT2D eigenvalue weighted by Gasteiger charge is -2.29. The third kappa shape index (κ3) is 3.13. The Morgan fingerprint density at radius 3 is 2.76 bits per heavy atom. The van der Waals surface area contributed by atoms with Gasteiger partial charge in [0.25, 0.3) is 0 Å². The summed E-state index contributed by atoms with van der Waals surface area (Å²) in [4.78, 5) is 13.9. The van der Waals surface area contributed by atoms with Gasteiger partial charge in [-0.05, 0) is 42.3 Å². The molecule has 1 aliphatic rings. The molecular formula is C19H15Cl2NO3. The van der Waals surface area contributed by atoms with E-state index in [2.05, 4.69) is 4.90 Å². The Hall–Kier alpha value is -2.01. The second-order valence-electron chi connectivity index (χ2n) is 6.18. The van der Waals surface area contributed by atoms with Gasteiger partial charge in [0.15, 0.2) is 0 Å². The fourth-order valence-electron chi connectivity index (χ4n) is 3.13. The van der Waals surface area contributed by atoms with E-state index in [0.29, 0.717) is 35.4 Å². The first-order valence-electron chi connectivity index (χ1n) is 7.86. The summed E-state index contributed by atoms with van der Waals surface area (Å²) >= 11 is 12.1. The summed E-state index contributed by atoms with van der Waals surface area (Å²) in [5.41, 5.74) is 3.08. The average molecular weight is 376 g/mol. The van der Waals surface area contributed by atoms with E-state index in [1.165, 1.54) is 6.07 Å². The summed E-state index contributed by atoms with van der Waals surface area (Å²) in [5, 5.41) is 2.00. The van der Waals surface area contributed by atoms with Crippen LogP contribution in [0, 0.1) is 6.92 Å². The highest BCUT2D eigenvalue weighted by Crippen LogP contribution is 2.33. The molecule has 0 atom stereocenters. The summed E-state index contributed by atoms with van der Waals surface area (Å²) in [7, 11) is 0. The van der Waals surface area contributed by atoms with E-state index in [1.54, 1.807) is 6.07 Å². The molecular weight excluding hydrogens is 361 g/mol. The zero-order valence-corrected chi connectivity index (χ0v) is 15.0. The number of rotatable bonds is 2. The number of hydrogen-bond donors (Lipinski definition) is 0. The molecule has 6 heteroatoms. The quantitative estimate of drug-likeness (QED) is 0.605. The molecule has 0 aliphatic carbocycles. The van der Waals surface area contributed by atoms with Gasteiger partial charge in [-0.25, -0.2) is 4.79 Å². The van der Waals surface area contributed by atoms with Crippen molar-refractivity contribution in [3.05, 3.63) is 73.6 Å². The van der Waals surface area contributed by atoms with Crippen molar-refractivity contribution >= 4 is 34.2 Å². The van der Waals surface area contributed by atoms with Gasteiger partial charge in [-0.2, -0.15) is 0 Å². The first-order chi connectivity index (χ1) is 12.0. The Labute approximate surface area is 154 Å². The van der Waals surface area contributed by atoms with E-state index in [4.69, 9.17) is 32.4 Å². The number of ether oxygens (including phenoxy) is 1. The Morgan fingerprint density at radius 2 is 1.96 bits per heavy atom. The van der Waals surface area contributed by atoms with Gasteiger partial charge in [0.2, 0.25) is 0 Å². The van der Waals surface area contributed by atoms with Crippen LogP contribution in [0.3, 0.4) is 0 Å². The van der Waals surface area contributed by atoms with Crippen LogP contribution in [0.15, 0.2) is 45.6 Å². The summed E-state index contributed by atoms with van der Waals surface area (Å²) in [6.45, 7) is 3.64. The van der Waals surface area contributed by atoms with Crippen molar-refractivity contribution in [3.8, 4) is 5.75 Å². The van der Waals surface area contributed by atoms with Gasteiger partial charge in [-0.1, -0.05) is 29.3 Å². The Morgan fingerprint density at radius 1 is 1.12 bits per heavy atom. The highest BCUT2D eigenvalue weighted by atomic mass is 35.5. The topological polar surface area (TPSA) is 42.7 Å². The van der Waals surface area contributed by atoms with E-state index in [1.807, 2.05) is 31.2 Å². The molecule has 1 aliphatic heterocycles. The minimum absolute atomic E-state index is 0.347. The van der Waals surface area contributed by atoms with Crippen LogP contribution in [0.2, 0.25) is 10.0 Å². The zero-order valence-electron chi connectivity index (χ0n) is 13.5. The molecule has 0 bridgehead atoms. The number of fused-ring (bicyclic) bond motifs is 3. The van der Waals surface area contributed by atoms with E-state index >= 15 is 0 Å². The van der Waals surface area contributed by atoms with Gasteiger partial charge in [0.1, 0.15) is 18.1 Å². The van der Waals surface area contributed by atoms with Gasteiger partial charge in [-0.3, -0.25) is 4.90 Å². The van der Waals surface area contributed by atoms with E-state index in [-0.39, 0.29) is 5.63 Å². The first-order valence-corrected chi connectivity index (χ1v) is 8.62. The molecule has 0 radical (unpaired) electrons. The summed E-state index contributed by atoms with van der Waals surface area (Å²) in [5.74, 6) is 0.756. The maximum Gasteiger partial charge on any atom is 0.336 e. The highest BCUT2D eigenvalue weighted by molar-refractivity contribution is 6.42. The average Bonchev–Trinajstić information content (AvgIpc) is 2.58. The lowest BCUT2D eigenvalue weighted by atomic mass is 10.0. The molecule has 0 N–H and O–H groups in total. The molecule has 3 aromatic rings. The highest BCUT2D eigenvalue weighted by Gasteiger charge is 2.22. The standard InChI is InChI=1S/C19H15Cl2NO3/c1-11-6-18(23)25-19-13(11)3-5-17-14(19)9-22(10-24-17)8-12-2-4-15(20)16(21)7-12/h2-7H,8-10H2,1H3. The van der Waals surface area contributed by atoms with Gasteiger partial charge < -0.3 is 9.15 Å². The summed E-state index contributed by atoms with van der Waals surface area (Å²) < 4.78 is 11.3. The fraction of sp³-hybridized carbons (Fsp3) is 0.211. The predicted octanol–water partition coefficient (Wildman–Crippen LogP) is 4.76. The van der Waals surface area contributed by atoms with Crippen molar-refractivity contribution in [2.45, 2.75) is 20.0 Å². The number of aryl methyl sites for hydroxylation is 1. The van der Waals surface area contributed by atoms with Crippen LogP contribution in [0.5, 0.6) is 5.75 Å². The first kappa shape index (κ1) is 16.5. The van der Waals surface area contributed by atoms with Crippen LogP contribution < -0.4 is 10.4 Å². The van der Waals surface area contributed by atoms with Gasteiger partial charge in [0, 0.05) is 24.5 Å². The largest absolute Gasteiger partial charge is 0.478 e. The van der Waals surface area contributed by atoms with Crippen LogP contribution >= 0.6 is 23.2 Å². The molecule has 2 heterocycles. The molecule has 0 saturated carbocycles. The smallest absolute Gasteiger partial charge is 0.336 e. The Balaban J connectivity index is 1.69. The van der Waals surface area contributed by atoms with Gasteiger partial charge in [0.05, 0.1) is 15.6 Å². The second kappa shape index (κ2) is 6.37. The molecule has 0 saturated heterocycles. The minimum atomic E-state index is -0.347. The molecule has 4 rings (SSSR count). The molecule has 0 unspecified atom stereocenters. The van der Waals surface area contributed by atoms with Crippen molar-refractivity contribution in [3.63, 3.8) is 0 Å². The van der Waals surface area contributed by atoms with Crippen molar-refractivity contribution in [1.29, 1.82) is 0 Å². The molecule has 25 heavy (non-hydrogen) atoms. The normalized spacial score (nSPS) is 14.4. The lowest BCUT2D eigenvalue weighted by molar-refractivity contribution is 0.0890. The Bertz CT molecular complexity index is 1030. The van der Waals surface area contributed by atoms with Crippen LogP contribution in [0.25, 0.3) is 11.0 Å². The molecule has 0 spiro atoms. The maximum atomic E-state index is 11.8. The van der Waals surface area contributed by atoms with Crippen LogP contribution in [-0.4, -0.2) is 11.6 Å². The molecule has 2 aromatic carbocycles. The van der Waals surface area contributed by atoms with Crippen LogP contribution in [-0.2, 0) is 13.1 Å². The van der Waals surface area contributed by atoms with Crippen LogP contribution in [0.1, 0.15) is 16.7 Å². The maximum absolute atomic E-state index is 11.8. The van der Waals surface area contributed by atoms with Crippen LogP contribution in [0.4, 0.5) is 0 Å². The third-order valence-corrected chi connectivity index (χ3v) is 5.09. The molecule has 4 nitrogen and oxygen atoms in total. The van der Waals surface area contributed by atoms with Crippen molar-refractivity contribution in [1.82, 2.24) is 4.90 Å². The fourth-order valence-corrected chi connectivity index (χ4v) is 3.45. The lowest BCUT2D eigenvalue weighted by Crippen LogP contribution is -2.31. The van der Waals surface area contributed by atoms with Gasteiger partial charge >= 0.3 is 5.63 Å². The minimum Gasteiger partial charge on any atom is -0.478 e. The Kier molecular flexibility index (Phi) is 4.20. The number of benzene rings is 2. The summed E-state index contributed by atoms with van der Waals surface area (Å²) in [6, 6.07) is 11.0. The van der Waals surface area contributed by atoms with Crippen molar-refractivity contribution in [2.24, 2.45) is 0 Å². The number of hydrogen-bond acceptors (Lipinski definition) is 4. The number of nitrogens with zero attached hydrogens (tertiary/aromatic N) is 1. The monoisotopic (exact) mass is 375 g/mol. The van der Waals surface area contributed by atoms with Gasteiger partial charge in [-0.15, -0.1) is 0 Å².